The number of aliphatic hydroxyl groups excluding tert-OH is 1. The second-order valence-corrected chi connectivity index (χ2v) is 12.3. The SMILES string of the molecule is N#Cc1cc(C2OC3(CCOCC3)c3c4c(nc(C5CCOCC5)c32)CC2(CCC2)CC4O)ccc1C(F)(F)F. The number of fused-ring (bicyclic) bond motifs is 4. The molecule has 3 aliphatic heterocycles. The van der Waals surface area contributed by atoms with Gasteiger partial charge in [-0.15, -0.1) is 0 Å². The van der Waals surface area contributed by atoms with Crippen LogP contribution in [0, 0.1) is 16.7 Å². The summed E-state index contributed by atoms with van der Waals surface area (Å²) in [6.45, 7) is 2.22. The molecule has 1 aromatic heterocycles. The van der Waals surface area contributed by atoms with Crippen molar-refractivity contribution in [2.45, 2.75) is 87.7 Å². The molecule has 0 amide bonds. The number of rotatable bonds is 2. The summed E-state index contributed by atoms with van der Waals surface area (Å²) in [7, 11) is 0. The molecule has 1 aromatic carbocycles. The van der Waals surface area contributed by atoms with Gasteiger partial charge in [0.15, 0.2) is 0 Å². The molecule has 0 radical (unpaired) electrons. The standard InChI is InChI=1S/C31H33F3N2O4/c32-31(33,34)21-3-2-19(14-20(21)17-35)28-25-26(30(40-28)8-12-39-13-9-30)24-22(15-29(6-1-7-29)16-23(24)37)36-27(25)18-4-10-38-11-5-18/h2-3,14,18,23,28,37H,1,4-13,15-16H2. The van der Waals surface area contributed by atoms with Crippen LogP contribution in [0.3, 0.4) is 0 Å². The number of halogens is 3. The van der Waals surface area contributed by atoms with E-state index in [-0.39, 0.29) is 11.3 Å². The van der Waals surface area contributed by atoms with Crippen LogP contribution in [0.2, 0.25) is 0 Å². The number of benzene rings is 1. The van der Waals surface area contributed by atoms with Gasteiger partial charge in [-0.2, -0.15) is 18.4 Å². The van der Waals surface area contributed by atoms with E-state index < -0.39 is 35.1 Å². The third-order valence-electron chi connectivity index (χ3n) is 10.0. The van der Waals surface area contributed by atoms with Crippen LogP contribution in [0.4, 0.5) is 13.2 Å². The number of aliphatic hydroxyl groups is 1. The second-order valence-electron chi connectivity index (χ2n) is 12.3. The predicted octanol–water partition coefficient (Wildman–Crippen LogP) is 6.14. The summed E-state index contributed by atoms with van der Waals surface area (Å²) < 4.78 is 59.3. The van der Waals surface area contributed by atoms with E-state index in [1.807, 2.05) is 0 Å². The minimum atomic E-state index is -4.63. The third-order valence-corrected chi connectivity index (χ3v) is 10.0. The van der Waals surface area contributed by atoms with Gasteiger partial charge in [-0.05, 0) is 67.2 Å². The van der Waals surface area contributed by atoms with Gasteiger partial charge in [0.05, 0.1) is 34.6 Å². The van der Waals surface area contributed by atoms with Crippen molar-refractivity contribution in [1.29, 1.82) is 5.26 Å². The Morgan fingerprint density at radius 3 is 2.38 bits per heavy atom. The molecule has 2 aromatic rings. The Morgan fingerprint density at radius 2 is 1.73 bits per heavy atom. The first-order chi connectivity index (χ1) is 19.2. The summed E-state index contributed by atoms with van der Waals surface area (Å²) in [5.74, 6) is 0.121. The molecule has 4 heterocycles. The normalized spacial score (nSPS) is 27.2. The fourth-order valence-corrected chi connectivity index (χ4v) is 7.92. The molecule has 9 heteroatoms. The molecule has 2 aliphatic carbocycles. The maximum Gasteiger partial charge on any atom is 0.417 e. The van der Waals surface area contributed by atoms with Gasteiger partial charge >= 0.3 is 6.18 Å². The molecule has 1 saturated carbocycles. The van der Waals surface area contributed by atoms with Crippen LogP contribution in [-0.4, -0.2) is 36.5 Å². The number of nitriles is 1. The van der Waals surface area contributed by atoms with Gasteiger partial charge in [-0.3, -0.25) is 4.98 Å². The Bertz CT molecular complexity index is 1370. The Hall–Kier alpha value is -2.51. The van der Waals surface area contributed by atoms with Gasteiger partial charge < -0.3 is 19.3 Å². The lowest BCUT2D eigenvalue weighted by Gasteiger charge is -2.48. The van der Waals surface area contributed by atoms with E-state index in [1.54, 1.807) is 6.07 Å². The zero-order valence-corrected chi connectivity index (χ0v) is 22.4. The first-order valence-corrected chi connectivity index (χ1v) is 14.4. The number of nitrogens with zero attached hydrogens (tertiary/aromatic N) is 2. The molecule has 3 fully saturated rings. The Balaban J connectivity index is 1.46. The minimum absolute atomic E-state index is 0.0947. The summed E-state index contributed by atoms with van der Waals surface area (Å²) >= 11 is 0. The molecule has 2 atom stereocenters. The molecule has 6 nitrogen and oxygen atoms in total. The molecule has 212 valence electrons. The molecule has 2 unspecified atom stereocenters. The lowest BCUT2D eigenvalue weighted by Crippen LogP contribution is -2.41. The van der Waals surface area contributed by atoms with Crippen molar-refractivity contribution in [3.05, 3.63) is 63.0 Å². The van der Waals surface area contributed by atoms with Crippen molar-refractivity contribution in [1.82, 2.24) is 4.98 Å². The van der Waals surface area contributed by atoms with E-state index in [0.29, 0.717) is 51.3 Å². The number of aromatic nitrogens is 1. The number of hydrogen-bond acceptors (Lipinski definition) is 6. The van der Waals surface area contributed by atoms with Crippen molar-refractivity contribution in [3.63, 3.8) is 0 Å². The van der Waals surface area contributed by atoms with Crippen molar-refractivity contribution < 1.29 is 32.5 Å². The smallest absolute Gasteiger partial charge is 0.388 e. The second kappa shape index (κ2) is 9.52. The topological polar surface area (TPSA) is 84.6 Å². The van der Waals surface area contributed by atoms with Crippen molar-refractivity contribution in [3.8, 4) is 6.07 Å². The summed E-state index contributed by atoms with van der Waals surface area (Å²) in [6.07, 6.45) is 1.66. The van der Waals surface area contributed by atoms with Crippen LogP contribution in [0.5, 0.6) is 0 Å². The first kappa shape index (κ1) is 26.4. The summed E-state index contributed by atoms with van der Waals surface area (Å²) in [6, 6.07) is 5.49. The fraction of sp³-hybridized carbons (Fsp3) is 0.613. The molecule has 7 rings (SSSR count). The molecule has 40 heavy (non-hydrogen) atoms. The molecular formula is C31H33F3N2O4. The van der Waals surface area contributed by atoms with Crippen LogP contribution >= 0.6 is 0 Å². The Morgan fingerprint density at radius 1 is 1.00 bits per heavy atom. The molecule has 5 aliphatic rings. The zero-order chi connectivity index (χ0) is 27.7. The quantitative estimate of drug-likeness (QED) is 0.480. The van der Waals surface area contributed by atoms with E-state index in [1.165, 1.54) is 18.6 Å². The molecule has 0 bridgehead atoms. The van der Waals surface area contributed by atoms with E-state index in [0.717, 1.165) is 66.2 Å². The van der Waals surface area contributed by atoms with Gasteiger partial charge in [-0.1, -0.05) is 12.5 Å². The highest BCUT2D eigenvalue weighted by molar-refractivity contribution is 5.56. The summed E-state index contributed by atoms with van der Waals surface area (Å²) in [5, 5.41) is 21.3. The maximum absolute atomic E-state index is 13.7. The zero-order valence-electron chi connectivity index (χ0n) is 22.4. The van der Waals surface area contributed by atoms with Crippen molar-refractivity contribution in [2.75, 3.05) is 26.4 Å². The van der Waals surface area contributed by atoms with Crippen LogP contribution in [0.25, 0.3) is 0 Å². The highest BCUT2D eigenvalue weighted by atomic mass is 19.4. The largest absolute Gasteiger partial charge is 0.417 e. The van der Waals surface area contributed by atoms with Crippen LogP contribution in [-0.2, 0) is 32.4 Å². The van der Waals surface area contributed by atoms with E-state index in [4.69, 9.17) is 19.2 Å². The van der Waals surface area contributed by atoms with Crippen molar-refractivity contribution in [2.24, 2.45) is 5.41 Å². The first-order valence-electron chi connectivity index (χ1n) is 14.4. The highest BCUT2D eigenvalue weighted by Gasteiger charge is 2.54. The highest BCUT2D eigenvalue weighted by Crippen LogP contribution is 2.60. The van der Waals surface area contributed by atoms with Crippen LogP contribution in [0.15, 0.2) is 18.2 Å². The monoisotopic (exact) mass is 554 g/mol. The lowest BCUT2D eigenvalue weighted by molar-refractivity contribution is -0.138. The van der Waals surface area contributed by atoms with Crippen LogP contribution in [0.1, 0.15) is 114 Å². The van der Waals surface area contributed by atoms with Gasteiger partial charge in [0.2, 0.25) is 0 Å². The Labute approximate surface area is 231 Å². The van der Waals surface area contributed by atoms with Gasteiger partial charge in [-0.25, -0.2) is 0 Å². The Kier molecular flexibility index (Phi) is 6.28. The third kappa shape index (κ3) is 4.10. The van der Waals surface area contributed by atoms with Gasteiger partial charge in [0.25, 0.3) is 0 Å². The molecular weight excluding hydrogens is 521 g/mol. The molecule has 1 N–H and O–H groups in total. The van der Waals surface area contributed by atoms with Crippen molar-refractivity contribution >= 4 is 0 Å². The predicted molar refractivity (Wildman–Crippen MR) is 137 cm³/mol. The fourth-order valence-electron chi connectivity index (χ4n) is 7.92. The van der Waals surface area contributed by atoms with E-state index >= 15 is 0 Å². The van der Waals surface area contributed by atoms with E-state index in [9.17, 15) is 23.5 Å². The van der Waals surface area contributed by atoms with Gasteiger partial charge in [0, 0.05) is 62.0 Å². The number of ether oxygens (including phenoxy) is 3. The number of hydrogen-bond donors (Lipinski definition) is 1. The summed E-state index contributed by atoms with van der Waals surface area (Å²) in [5.41, 5.74) is 3.09. The summed E-state index contributed by atoms with van der Waals surface area (Å²) in [4.78, 5) is 5.32. The van der Waals surface area contributed by atoms with Gasteiger partial charge in [0.1, 0.15) is 6.10 Å². The average Bonchev–Trinajstić information content (AvgIpc) is 3.25. The van der Waals surface area contributed by atoms with E-state index in [2.05, 4.69) is 0 Å². The minimum Gasteiger partial charge on any atom is -0.388 e. The average molecular weight is 555 g/mol. The molecule has 2 saturated heterocycles. The van der Waals surface area contributed by atoms with Crippen LogP contribution < -0.4 is 0 Å². The number of alkyl halides is 3. The molecule has 2 spiro atoms. The maximum atomic E-state index is 13.7. The lowest BCUT2D eigenvalue weighted by atomic mass is 9.58. The number of pyridine rings is 1.